The van der Waals surface area contributed by atoms with E-state index in [0.717, 1.165) is 23.2 Å². The molecule has 0 radical (unpaired) electrons. The lowest BCUT2D eigenvalue weighted by atomic mass is 10.1. The molecule has 0 saturated heterocycles. The molecule has 0 spiro atoms. The molecule has 0 unspecified atom stereocenters. The number of rotatable bonds is 8. The molecule has 0 atom stereocenters. The number of halogens is 1. The summed E-state index contributed by atoms with van der Waals surface area (Å²) in [4.78, 5) is 15.5. The first-order valence-corrected chi connectivity index (χ1v) is 8.63. The molecular weight excluding hydrogens is 471 g/mol. The zero-order valence-electron chi connectivity index (χ0n) is 16.3. The molecule has 2 aromatic carbocycles. The number of nitrogens with one attached hydrogen (secondary N) is 2. The standard InChI is InChI=1S/C20H26N4O3.HI/c1-14(25)24-17-6-4-5-16(11-17)13-23-20(21)22-10-9-15-7-8-18(26-2)19(12-15)27-3;/h4-8,11-12H,9-10,13H2,1-3H3,(H,24,25)(H3,21,22,23);1H. The summed E-state index contributed by atoms with van der Waals surface area (Å²) in [6.07, 6.45) is 0.772. The molecule has 1 amide bonds. The predicted molar refractivity (Wildman–Crippen MR) is 123 cm³/mol. The fourth-order valence-corrected chi connectivity index (χ4v) is 2.55. The van der Waals surface area contributed by atoms with Gasteiger partial charge in [0, 0.05) is 19.2 Å². The van der Waals surface area contributed by atoms with E-state index in [1.807, 2.05) is 42.5 Å². The normalized spacial score (nSPS) is 10.6. The number of guanidine groups is 1. The third-order valence-corrected chi connectivity index (χ3v) is 3.85. The average molecular weight is 498 g/mol. The molecule has 0 aromatic heterocycles. The highest BCUT2D eigenvalue weighted by molar-refractivity contribution is 14.0. The van der Waals surface area contributed by atoms with Crippen LogP contribution in [0.5, 0.6) is 11.5 Å². The van der Waals surface area contributed by atoms with E-state index in [0.29, 0.717) is 30.5 Å². The summed E-state index contributed by atoms with van der Waals surface area (Å²) in [6.45, 7) is 2.56. The molecule has 0 aliphatic carbocycles. The number of benzene rings is 2. The Balaban J connectivity index is 0.00000392. The second kappa shape index (κ2) is 12.1. The largest absolute Gasteiger partial charge is 0.493 e. The second-order valence-electron chi connectivity index (χ2n) is 5.95. The third-order valence-electron chi connectivity index (χ3n) is 3.85. The van der Waals surface area contributed by atoms with Crippen LogP contribution in [0, 0.1) is 0 Å². The van der Waals surface area contributed by atoms with E-state index in [1.165, 1.54) is 6.92 Å². The summed E-state index contributed by atoms with van der Waals surface area (Å²) in [7, 11) is 3.23. The van der Waals surface area contributed by atoms with Gasteiger partial charge in [0.15, 0.2) is 17.5 Å². The first kappa shape index (κ1) is 23.5. The molecule has 0 aliphatic rings. The highest BCUT2D eigenvalue weighted by Crippen LogP contribution is 2.27. The Morgan fingerprint density at radius 2 is 1.82 bits per heavy atom. The number of nitrogens with zero attached hydrogens (tertiary/aromatic N) is 1. The molecule has 4 N–H and O–H groups in total. The van der Waals surface area contributed by atoms with Gasteiger partial charge in [-0.2, -0.15) is 0 Å². The molecule has 28 heavy (non-hydrogen) atoms. The van der Waals surface area contributed by atoms with Crippen molar-refractivity contribution in [2.45, 2.75) is 19.9 Å². The highest BCUT2D eigenvalue weighted by Gasteiger charge is 2.04. The van der Waals surface area contributed by atoms with Gasteiger partial charge < -0.3 is 25.8 Å². The van der Waals surface area contributed by atoms with Crippen LogP contribution in [0.3, 0.4) is 0 Å². The Morgan fingerprint density at radius 3 is 2.50 bits per heavy atom. The molecule has 0 heterocycles. The Kier molecular flexibility index (Phi) is 10.1. The van der Waals surface area contributed by atoms with Crippen LogP contribution in [0.25, 0.3) is 0 Å². The van der Waals surface area contributed by atoms with E-state index < -0.39 is 0 Å². The topological polar surface area (TPSA) is 98.0 Å². The van der Waals surface area contributed by atoms with Gasteiger partial charge in [0.05, 0.1) is 20.8 Å². The molecule has 2 rings (SSSR count). The van der Waals surface area contributed by atoms with Crippen LogP contribution in [0.1, 0.15) is 18.1 Å². The quantitative estimate of drug-likeness (QED) is 0.296. The Morgan fingerprint density at radius 1 is 1.07 bits per heavy atom. The van der Waals surface area contributed by atoms with E-state index in [4.69, 9.17) is 15.2 Å². The lowest BCUT2D eigenvalue weighted by Gasteiger charge is -2.10. The third kappa shape index (κ3) is 7.63. The molecule has 0 fully saturated rings. The van der Waals surface area contributed by atoms with Crippen molar-refractivity contribution in [3.63, 3.8) is 0 Å². The van der Waals surface area contributed by atoms with E-state index >= 15 is 0 Å². The number of aliphatic imine (C=N–C) groups is 1. The van der Waals surface area contributed by atoms with Gasteiger partial charge in [-0.25, -0.2) is 4.99 Å². The minimum absolute atomic E-state index is 0. The maximum absolute atomic E-state index is 11.1. The summed E-state index contributed by atoms with van der Waals surface area (Å²) >= 11 is 0. The van der Waals surface area contributed by atoms with Gasteiger partial charge >= 0.3 is 0 Å². The van der Waals surface area contributed by atoms with Crippen LogP contribution >= 0.6 is 24.0 Å². The number of amides is 1. The van der Waals surface area contributed by atoms with Gasteiger partial charge in [0.25, 0.3) is 0 Å². The molecule has 152 valence electrons. The second-order valence-corrected chi connectivity index (χ2v) is 5.95. The van der Waals surface area contributed by atoms with Crippen molar-refractivity contribution < 1.29 is 14.3 Å². The number of hydrogen-bond acceptors (Lipinski definition) is 4. The molecule has 0 saturated carbocycles. The molecule has 7 nitrogen and oxygen atoms in total. The highest BCUT2D eigenvalue weighted by atomic mass is 127. The van der Waals surface area contributed by atoms with E-state index in [9.17, 15) is 4.79 Å². The summed E-state index contributed by atoms with van der Waals surface area (Å²) in [6, 6.07) is 13.3. The van der Waals surface area contributed by atoms with Gasteiger partial charge in [-0.3, -0.25) is 4.79 Å². The van der Waals surface area contributed by atoms with E-state index in [1.54, 1.807) is 14.2 Å². The lowest BCUT2D eigenvalue weighted by Crippen LogP contribution is -2.33. The maximum atomic E-state index is 11.1. The minimum atomic E-state index is -0.105. The summed E-state index contributed by atoms with van der Waals surface area (Å²) in [5, 5.41) is 5.85. The number of ether oxygens (including phenoxy) is 2. The maximum Gasteiger partial charge on any atom is 0.221 e. The van der Waals surface area contributed by atoms with Crippen LogP contribution in [-0.2, 0) is 17.8 Å². The van der Waals surface area contributed by atoms with Crippen molar-refractivity contribution >= 4 is 41.5 Å². The lowest BCUT2D eigenvalue weighted by molar-refractivity contribution is -0.114. The smallest absolute Gasteiger partial charge is 0.221 e. The molecule has 0 bridgehead atoms. The molecule has 8 heteroatoms. The van der Waals surface area contributed by atoms with Gasteiger partial charge in [-0.15, -0.1) is 24.0 Å². The monoisotopic (exact) mass is 498 g/mol. The van der Waals surface area contributed by atoms with E-state index in [-0.39, 0.29) is 29.9 Å². The molecule has 0 aliphatic heterocycles. The Hall–Kier alpha value is -2.49. The fourth-order valence-electron chi connectivity index (χ4n) is 2.55. The number of hydrogen-bond donors (Lipinski definition) is 3. The van der Waals surface area contributed by atoms with Crippen molar-refractivity contribution in [1.29, 1.82) is 0 Å². The van der Waals surface area contributed by atoms with Crippen molar-refractivity contribution in [2.24, 2.45) is 10.7 Å². The first-order valence-electron chi connectivity index (χ1n) is 8.63. The van der Waals surface area contributed by atoms with Gasteiger partial charge in [-0.05, 0) is 41.8 Å². The first-order chi connectivity index (χ1) is 13.0. The van der Waals surface area contributed by atoms with Crippen molar-refractivity contribution in [3.8, 4) is 11.5 Å². The summed E-state index contributed by atoms with van der Waals surface area (Å²) < 4.78 is 10.5. The van der Waals surface area contributed by atoms with Gasteiger partial charge in [0.2, 0.25) is 5.91 Å². The Labute approximate surface area is 182 Å². The van der Waals surface area contributed by atoms with Crippen molar-refractivity contribution in [1.82, 2.24) is 5.32 Å². The number of nitrogens with two attached hydrogens (primary N) is 1. The Bertz CT molecular complexity index is 812. The van der Waals surface area contributed by atoms with Crippen LogP contribution in [0.4, 0.5) is 5.69 Å². The van der Waals surface area contributed by atoms with Crippen molar-refractivity contribution in [2.75, 3.05) is 26.1 Å². The number of carbonyl (C=O) groups is 1. The predicted octanol–water partition coefficient (Wildman–Crippen LogP) is 2.93. The average Bonchev–Trinajstić information content (AvgIpc) is 2.66. The molecular formula is C20H27IN4O3. The zero-order chi connectivity index (χ0) is 19.6. The number of carbonyl (C=O) groups excluding carboxylic acids is 1. The number of anilines is 1. The number of methoxy groups -OCH3 is 2. The van der Waals surface area contributed by atoms with Crippen LogP contribution in [0.15, 0.2) is 47.5 Å². The van der Waals surface area contributed by atoms with E-state index in [2.05, 4.69) is 15.6 Å². The van der Waals surface area contributed by atoms with Crippen LogP contribution < -0.4 is 25.8 Å². The van der Waals surface area contributed by atoms with Gasteiger partial charge in [-0.1, -0.05) is 18.2 Å². The van der Waals surface area contributed by atoms with Crippen LogP contribution in [-0.4, -0.2) is 32.6 Å². The fraction of sp³-hybridized carbons (Fsp3) is 0.300. The van der Waals surface area contributed by atoms with Crippen LogP contribution in [0.2, 0.25) is 0 Å². The van der Waals surface area contributed by atoms with Gasteiger partial charge in [0.1, 0.15) is 0 Å². The SMILES string of the molecule is COc1ccc(CCNC(N)=NCc2cccc(NC(C)=O)c2)cc1OC.I. The molecule has 2 aromatic rings. The minimum Gasteiger partial charge on any atom is -0.493 e. The summed E-state index contributed by atoms with van der Waals surface area (Å²) in [5.41, 5.74) is 8.75. The van der Waals surface area contributed by atoms with Crippen molar-refractivity contribution in [3.05, 3.63) is 53.6 Å². The summed E-state index contributed by atoms with van der Waals surface area (Å²) in [5.74, 6) is 1.68. The zero-order valence-corrected chi connectivity index (χ0v) is 18.7.